The Morgan fingerprint density at radius 2 is 1.71 bits per heavy atom. The molecular formula is C22H16FN5. The van der Waals surface area contributed by atoms with Crippen molar-refractivity contribution in [2.24, 2.45) is 0 Å². The number of rotatable bonds is 4. The average Bonchev–Trinajstić information content (AvgIpc) is 3.17. The lowest BCUT2D eigenvalue weighted by molar-refractivity contribution is 0.627. The van der Waals surface area contributed by atoms with E-state index in [0.29, 0.717) is 6.54 Å². The fourth-order valence-corrected chi connectivity index (χ4v) is 3.33. The highest BCUT2D eigenvalue weighted by Gasteiger charge is 2.13. The summed E-state index contributed by atoms with van der Waals surface area (Å²) in [4.78, 5) is 9.07. The molecule has 6 heteroatoms. The standard InChI is InChI=1S/C22H16FN5/c23-17-8-6-15(7-9-17)13-26-20-10-12-25-22-19(14-27-28(20)22)18-5-1-3-16-4-2-11-24-21(16)18/h1-12,14,26H,13H2. The molecule has 0 amide bonds. The van der Waals surface area contributed by atoms with Crippen molar-refractivity contribution in [1.29, 1.82) is 0 Å². The maximum Gasteiger partial charge on any atom is 0.165 e. The molecule has 0 bridgehead atoms. The lowest BCUT2D eigenvalue weighted by atomic mass is 10.0. The van der Waals surface area contributed by atoms with Gasteiger partial charge >= 0.3 is 0 Å². The van der Waals surface area contributed by atoms with Crippen LogP contribution in [0.4, 0.5) is 10.2 Å². The molecule has 0 aliphatic heterocycles. The van der Waals surface area contributed by atoms with Crippen molar-refractivity contribution in [3.8, 4) is 11.1 Å². The highest BCUT2D eigenvalue weighted by Crippen LogP contribution is 2.30. The smallest absolute Gasteiger partial charge is 0.165 e. The van der Waals surface area contributed by atoms with E-state index in [4.69, 9.17) is 0 Å². The molecule has 0 fully saturated rings. The van der Waals surface area contributed by atoms with E-state index in [1.165, 1.54) is 12.1 Å². The van der Waals surface area contributed by atoms with Gasteiger partial charge < -0.3 is 5.32 Å². The molecule has 5 nitrogen and oxygen atoms in total. The highest BCUT2D eigenvalue weighted by atomic mass is 19.1. The third kappa shape index (κ3) is 2.85. The number of halogens is 1. The first kappa shape index (κ1) is 16.4. The summed E-state index contributed by atoms with van der Waals surface area (Å²) in [6.45, 7) is 0.560. The minimum Gasteiger partial charge on any atom is -0.366 e. The van der Waals surface area contributed by atoms with Crippen molar-refractivity contribution in [2.75, 3.05) is 5.32 Å². The van der Waals surface area contributed by atoms with Crippen LogP contribution in [0.2, 0.25) is 0 Å². The number of nitrogens with one attached hydrogen (secondary N) is 1. The summed E-state index contributed by atoms with van der Waals surface area (Å²) in [6, 6.07) is 18.4. The number of nitrogens with zero attached hydrogens (tertiary/aromatic N) is 4. The van der Waals surface area contributed by atoms with E-state index in [-0.39, 0.29) is 5.82 Å². The predicted octanol–water partition coefficient (Wildman–Crippen LogP) is 4.70. The fourth-order valence-electron chi connectivity index (χ4n) is 3.33. The van der Waals surface area contributed by atoms with Crippen LogP contribution in [0.15, 0.2) is 79.3 Å². The van der Waals surface area contributed by atoms with Gasteiger partial charge in [-0.05, 0) is 29.8 Å². The van der Waals surface area contributed by atoms with Crippen LogP contribution in [0.25, 0.3) is 27.7 Å². The molecule has 5 aromatic rings. The van der Waals surface area contributed by atoms with Crippen LogP contribution >= 0.6 is 0 Å². The van der Waals surface area contributed by atoms with Gasteiger partial charge in [0.15, 0.2) is 5.65 Å². The molecule has 0 atom stereocenters. The van der Waals surface area contributed by atoms with Crippen molar-refractivity contribution >= 4 is 22.4 Å². The normalized spacial score (nSPS) is 11.2. The average molecular weight is 369 g/mol. The Morgan fingerprint density at radius 3 is 2.61 bits per heavy atom. The van der Waals surface area contributed by atoms with Crippen molar-refractivity contribution in [3.63, 3.8) is 0 Å². The summed E-state index contributed by atoms with van der Waals surface area (Å²) in [5, 5.41) is 8.95. The molecule has 0 unspecified atom stereocenters. The molecule has 0 radical (unpaired) electrons. The van der Waals surface area contributed by atoms with E-state index >= 15 is 0 Å². The van der Waals surface area contributed by atoms with Gasteiger partial charge in [-0.1, -0.05) is 36.4 Å². The summed E-state index contributed by atoms with van der Waals surface area (Å²) in [5.41, 5.74) is 4.58. The Kier molecular flexibility index (Phi) is 3.94. The second kappa shape index (κ2) is 6.74. The van der Waals surface area contributed by atoms with Crippen LogP contribution in [0.5, 0.6) is 0 Å². The third-order valence-electron chi connectivity index (χ3n) is 4.71. The largest absolute Gasteiger partial charge is 0.366 e. The minimum absolute atomic E-state index is 0.240. The maximum atomic E-state index is 13.1. The molecular weight excluding hydrogens is 353 g/mol. The number of anilines is 1. The van der Waals surface area contributed by atoms with Gasteiger partial charge in [0.05, 0.1) is 11.7 Å². The van der Waals surface area contributed by atoms with E-state index in [0.717, 1.165) is 39.1 Å². The Bertz CT molecular complexity index is 1270. The third-order valence-corrected chi connectivity index (χ3v) is 4.71. The lowest BCUT2D eigenvalue weighted by Gasteiger charge is -2.09. The zero-order valence-corrected chi connectivity index (χ0v) is 14.9. The molecule has 3 aromatic heterocycles. The first-order valence-corrected chi connectivity index (χ1v) is 8.95. The summed E-state index contributed by atoms with van der Waals surface area (Å²) >= 11 is 0. The van der Waals surface area contributed by atoms with Gasteiger partial charge in [-0.15, -0.1) is 0 Å². The van der Waals surface area contributed by atoms with E-state index in [1.54, 1.807) is 29.0 Å². The van der Waals surface area contributed by atoms with Crippen LogP contribution in [0.3, 0.4) is 0 Å². The Hall–Kier alpha value is -3.80. The van der Waals surface area contributed by atoms with Gasteiger partial charge in [0.2, 0.25) is 0 Å². The first-order valence-electron chi connectivity index (χ1n) is 8.95. The summed E-state index contributed by atoms with van der Waals surface area (Å²) in [5.74, 6) is 0.573. The van der Waals surface area contributed by atoms with E-state index in [9.17, 15) is 4.39 Å². The van der Waals surface area contributed by atoms with E-state index in [2.05, 4.69) is 20.4 Å². The Morgan fingerprint density at radius 1 is 0.857 bits per heavy atom. The summed E-state index contributed by atoms with van der Waals surface area (Å²) < 4.78 is 14.9. The van der Waals surface area contributed by atoms with Crippen LogP contribution < -0.4 is 5.32 Å². The van der Waals surface area contributed by atoms with Crippen molar-refractivity contribution in [2.45, 2.75) is 6.54 Å². The maximum absolute atomic E-state index is 13.1. The number of pyridine rings is 1. The van der Waals surface area contributed by atoms with Crippen LogP contribution in [0.1, 0.15) is 5.56 Å². The first-order chi connectivity index (χ1) is 13.8. The Balaban J connectivity index is 1.54. The van der Waals surface area contributed by atoms with E-state index < -0.39 is 0 Å². The van der Waals surface area contributed by atoms with Gasteiger partial charge in [-0.25, -0.2) is 9.37 Å². The monoisotopic (exact) mass is 369 g/mol. The molecule has 0 saturated heterocycles. The molecule has 3 heterocycles. The van der Waals surface area contributed by atoms with Gasteiger partial charge in [-0.2, -0.15) is 9.61 Å². The number of fused-ring (bicyclic) bond motifs is 2. The zero-order chi connectivity index (χ0) is 18.9. The van der Waals surface area contributed by atoms with Crippen LogP contribution in [-0.2, 0) is 6.54 Å². The summed E-state index contributed by atoms with van der Waals surface area (Å²) in [7, 11) is 0. The molecule has 5 rings (SSSR count). The second-order valence-corrected chi connectivity index (χ2v) is 6.48. The number of para-hydroxylation sites is 1. The lowest BCUT2D eigenvalue weighted by Crippen LogP contribution is -2.05. The number of benzene rings is 2. The van der Waals surface area contributed by atoms with Gasteiger partial charge in [0.1, 0.15) is 11.6 Å². The molecule has 28 heavy (non-hydrogen) atoms. The topological polar surface area (TPSA) is 55.1 Å². The zero-order valence-electron chi connectivity index (χ0n) is 14.9. The predicted molar refractivity (Wildman–Crippen MR) is 107 cm³/mol. The van der Waals surface area contributed by atoms with Gasteiger partial charge in [-0.3, -0.25) is 4.98 Å². The van der Waals surface area contributed by atoms with Crippen LogP contribution in [-0.4, -0.2) is 19.6 Å². The van der Waals surface area contributed by atoms with Gasteiger partial charge in [0, 0.05) is 35.5 Å². The molecule has 2 aromatic carbocycles. The van der Waals surface area contributed by atoms with E-state index in [1.807, 2.05) is 42.6 Å². The molecule has 0 aliphatic carbocycles. The van der Waals surface area contributed by atoms with Crippen LogP contribution in [0, 0.1) is 5.82 Å². The quantitative estimate of drug-likeness (QED) is 0.499. The van der Waals surface area contributed by atoms with Crippen molar-refractivity contribution in [1.82, 2.24) is 19.6 Å². The second-order valence-electron chi connectivity index (χ2n) is 6.48. The molecule has 0 spiro atoms. The SMILES string of the molecule is Fc1ccc(CNc2ccnc3c(-c4cccc5cccnc45)cnn23)cc1. The molecule has 1 N–H and O–H groups in total. The molecule has 0 saturated carbocycles. The van der Waals surface area contributed by atoms with Crippen molar-refractivity contribution < 1.29 is 4.39 Å². The molecule has 0 aliphatic rings. The fraction of sp³-hybridized carbons (Fsp3) is 0.0455. The van der Waals surface area contributed by atoms with Gasteiger partial charge in [0.25, 0.3) is 0 Å². The highest BCUT2D eigenvalue weighted by molar-refractivity contribution is 5.96. The summed E-state index contributed by atoms with van der Waals surface area (Å²) in [6.07, 6.45) is 5.36. The molecule has 136 valence electrons. The number of aromatic nitrogens is 4. The van der Waals surface area contributed by atoms with Crippen molar-refractivity contribution in [3.05, 3.63) is 90.6 Å². The Labute approximate surface area is 160 Å². The number of hydrogen-bond acceptors (Lipinski definition) is 4. The minimum atomic E-state index is -0.240. The number of hydrogen-bond donors (Lipinski definition) is 1.